The number of benzene rings is 1. The van der Waals surface area contributed by atoms with Gasteiger partial charge in [-0.2, -0.15) is 5.10 Å². The Balaban J connectivity index is 2.04. The van der Waals surface area contributed by atoms with E-state index in [0.717, 1.165) is 5.56 Å². The van der Waals surface area contributed by atoms with Gasteiger partial charge >= 0.3 is 0 Å². The molecular formula is C13H13F2N3O2. The molecule has 0 aliphatic rings. The fourth-order valence-electron chi connectivity index (χ4n) is 1.56. The fraction of sp³-hybridized carbons (Fsp3) is 0.231. The Morgan fingerprint density at radius 2 is 2.05 bits per heavy atom. The molecule has 0 saturated carbocycles. The van der Waals surface area contributed by atoms with E-state index in [2.05, 4.69) is 10.2 Å². The zero-order chi connectivity index (χ0) is 14.6. The van der Waals surface area contributed by atoms with Crippen LogP contribution < -0.4 is 5.32 Å². The number of rotatable bonds is 5. The van der Waals surface area contributed by atoms with Crippen LogP contribution in [-0.2, 0) is 0 Å². The van der Waals surface area contributed by atoms with Gasteiger partial charge in [0.2, 0.25) is 0 Å². The Kier molecular flexibility index (Phi) is 4.09. The number of amides is 1. The van der Waals surface area contributed by atoms with Gasteiger partial charge in [0.25, 0.3) is 11.8 Å². The van der Waals surface area contributed by atoms with Crippen LogP contribution in [-0.4, -0.2) is 40.3 Å². The van der Waals surface area contributed by atoms with E-state index in [1.807, 2.05) is 35.6 Å². The monoisotopic (exact) mass is 281 g/mol. The Hall–Kier alpha value is -2.28. The summed E-state index contributed by atoms with van der Waals surface area (Å²) >= 11 is 0. The lowest BCUT2D eigenvalue weighted by Gasteiger charge is -2.13. The van der Waals surface area contributed by atoms with Crippen LogP contribution in [0.3, 0.4) is 0 Å². The molecule has 7 heteroatoms. The van der Waals surface area contributed by atoms with Gasteiger partial charge in [-0.05, 0) is 6.07 Å². The number of nitrogens with one attached hydrogen (secondary N) is 2. The number of aliphatic hydroxyl groups is 1. The number of H-pyrrole nitrogens is 1. The van der Waals surface area contributed by atoms with E-state index in [-0.39, 0.29) is 5.69 Å². The highest BCUT2D eigenvalue weighted by molar-refractivity contribution is 5.93. The molecule has 3 N–H and O–H groups in total. The predicted octanol–water partition coefficient (Wildman–Crippen LogP) is 1.43. The molecule has 0 spiro atoms. The number of hydrogen-bond donors (Lipinski definition) is 3. The first kappa shape index (κ1) is 14.1. The Morgan fingerprint density at radius 3 is 2.70 bits per heavy atom. The van der Waals surface area contributed by atoms with Crippen molar-refractivity contribution in [2.45, 2.75) is 5.92 Å². The lowest BCUT2D eigenvalue weighted by atomic mass is 10.1. The lowest BCUT2D eigenvalue weighted by Crippen LogP contribution is -2.39. The van der Waals surface area contributed by atoms with E-state index in [1.54, 1.807) is 0 Å². The minimum Gasteiger partial charge on any atom is -0.390 e. The van der Waals surface area contributed by atoms with Crippen molar-refractivity contribution in [2.75, 3.05) is 13.2 Å². The smallest absolute Gasteiger partial charge is 0.287 e. The van der Waals surface area contributed by atoms with Gasteiger partial charge in [0, 0.05) is 5.56 Å². The van der Waals surface area contributed by atoms with Gasteiger partial charge in [-0.15, -0.1) is 0 Å². The molecule has 0 unspecified atom stereocenters. The van der Waals surface area contributed by atoms with Crippen LogP contribution in [0.4, 0.5) is 8.78 Å². The second kappa shape index (κ2) is 5.79. The number of nitrogens with zero attached hydrogens (tertiary/aromatic N) is 1. The maximum absolute atomic E-state index is 12.8. The maximum Gasteiger partial charge on any atom is 0.287 e. The molecule has 2 rings (SSSR count). The molecule has 0 saturated heterocycles. The number of hydrogen-bond acceptors (Lipinski definition) is 3. The molecule has 0 aliphatic carbocycles. The van der Waals surface area contributed by atoms with Crippen molar-refractivity contribution in [3.05, 3.63) is 42.1 Å². The van der Waals surface area contributed by atoms with E-state index < -0.39 is 25.0 Å². The van der Waals surface area contributed by atoms with Gasteiger partial charge in [-0.1, -0.05) is 30.3 Å². The maximum atomic E-state index is 12.8. The highest BCUT2D eigenvalue weighted by atomic mass is 19.3. The zero-order valence-corrected chi connectivity index (χ0v) is 10.4. The Morgan fingerprint density at radius 1 is 1.35 bits per heavy atom. The van der Waals surface area contributed by atoms with E-state index in [0.29, 0.717) is 5.69 Å². The summed E-state index contributed by atoms with van der Waals surface area (Å²) < 4.78 is 25.6. The Labute approximate surface area is 113 Å². The van der Waals surface area contributed by atoms with E-state index in [1.165, 1.54) is 6.07 Å². The van der Waals surface area contributed by atoms with Crippen molar-refractivity contribution in [1.82, 2.24) is 15.5 Å². The van der Waals surface area contributed by atoms with Gasteiger partial charge < -0.3 is 10.4 Å². The van der Waals surface area contributed by atoms with Crippen LogP contribution in [0.1, 0.15) is 10.5 Å². The highest BCUT2D eigenvalue weighted by Gasteiger charge is 2.28. The molecule has 106 valence electrons. The summed E-state index contributed by atoms with van der Waals surface area (Å²) in [5, 5.41) is 16.9. The summed E-state index contributed by atoms with van der Waals surface area (Å²) in [6.45, 7) is -2.24. The second-order valence-corrected chi connectivity index (χ2v) is 4.23. The van der Waals surface area contributed by atoms with Gasteiger partial charge in [-0.25, -0.2) is 8.78 Å². The zero-order valence-electron chi connectivity index (χ0n) is 10.4. The van der Waals surface area contributed by atoms with Gasteiger partial charge in [-0.3, -0.25) is 9.89 Å². The minimum atomic E-state index is -3.34. The lowest BCUT2D eigenvalue weighted by molar-refractivity contribution is -0.0462. The van der Waals surface area contributed by atoms with Crippen LogP contribution in [0.25, 0.3) is 11.3 Å². The predicted molar refractivity (Wildman–Crippen MR) is 68.4 cm³/mol. The molecule has 0 fully saturated rings. The molecule has 1 aromatic heterocycles. The number of aromatic nitrogens is 2. The average molecular weight is 281 g/mol. The quantitative estimate of drug-likeness (QED) is 0.776. The summed E-state index contributed by atoms with van der Waals surface area (Å²) in [6.07, 6.45) is 0. The number of halogens is 2. The molecule has 1 amide bonds. The molecule has 0 atom stereocenters. The largest absolute Gasteiger partial charge is 0.390 e. The second-order valence-electron chi connectivity index (χ2n) is 4.23. The normalized spacial score (nSPS) is 11.3. The standard InChI is InChI=1S/C13H13F2N3O2/c14-13(15,8-19)7-16-12(20)11-6-10(17-18-11)9-4-2-1-3-5-9/h1-6,19H,7-8H2,(H,16,20)(H,17,18). The van der Waals surface area contributed by atoms with Crippen molar-refractivity contribution < 1.29 is 18.7 Å². The SMILES string of the molecule is O=C(NCC(F)(F)CO)c1cc(-c2ccccc2)n[nH]1. The first-order valence-corrected chi connectivity index (χ1v) is 5.89. The van der Waals surface area contributed by atoms with Crippen molar-refractivity contribution >= 4 is 5.91 Å². The summed E-state index contributed by atoms with van der Waals surface area (Å²) in [4.78, 5) is 11.7. The molecule has 2 aromatic rings. The molecule has 0 radical (unpaired) electrons. The van der Waals surface area contributed by atoms with Crippen LogP contribution in [0.5, 0.6) is 0 Å². The van der Waals surface area contributed by atoms with E-state index in [9.17, 15) is 13.6 Å². The molecule has 5 nitrogen and oxygen atoms in total. The van der Waals surface area contributed by atoms with Crippen molar-refractivity contribution in [3.8, 4) is 11.3 Å². The fourth-order valence-corrected chi connectivity index (χ4v) is 1.56. The highest BCUT2D eigenvalue weighted by Crippen LogP contribution is 2.17. The van der Waals surface area contributed by atoms with Gasteiger partial charge in [0.05, 0.1) is 12.2 Å². The number of aromatic amines is 1. The van der Waals surface area contributed by atoms with Crippen LogP contribution in [0.2, 0.25) is 0 Å². The third-order valence-electron chi connectivity index (χ3n) is 2.63. The number of alkyl halides is 2. The molecule has 1 aromatic carbocycles. The molecule has 0 bridgehead atoms. The van der Waals surface area contributed by atoms with Crippen LogP contribution in [0.15, 0.2) is 36.4 Å². The van der Waals surface area contributed by atoms with Crippen LogP contribution >= 0.6 is 0 Å². The van der Waals surface area contributed by atoms with Crippen molar-refractivity contribution in [3.63, 3.8) is 0 Å². The van der Waals surface area contributed by atoms with E-state index >= 15 is 0 Å². The number of carbonyl (C=O) groups is 1. The van der Waals surface area contributed by atoms with Gasteiger partial charge in [0.1, 0.15) is 12.3 Å². The number of aliphatic hydroxyl groups excluding tert-OH is 1. The average Bonchev–Trinajstić information content (AvgIpc) is 2.96. The Bertz CT molecular complexity index is 584. The molecular weight excluding hydrogens is 268 g/mol. The molecule has 1 heterocycles. The topological polar surface area (TPSA) is 78.0 Å². The van der Waals surface area contributed by atoms with E-state index in [4.69, 9.17) is 5.11 Å². The summed E-state index contributed by atoms with van der Waals surface area (Å²) in [6, 6.07) is 10.6. The van der Waals surface area contributed by atoms with Crippen molar-refractivity contribution in [1.29, 1.82) is 0 Å². The molecule has 20 heavy (non-hydrogen) atoms. The summed E-state index contributed by atoms with van der Waals surface area (Å²) in [5.74, 6) is -4.04. The van der Waals surface area contributed by atoms with Crippen LogP contribution in [0, 0.1) is 0 Å². The summed E-state index contributed by atoms with van der Waals surface area (Å²) in [7, 11) is 0. The van der Waals surface area contributed by atoms with Gasteiger partial charge in [0.15, 0.2) is 0 Å². The number of carbonyl (C=O) groups excluding carboxylic acids is 1. The van der Waals surface area contributed by atoms with Crippen molar-refractivity contribution in [2.24, 2.45) is 0 Å². The third kappa shape index (κ3) is 3.39. The third-order valence-corrected chi connectivity index (χ3v) is 2.63. The minimum absolute atomic E-state index is 0.0811. The molecule has 0 aliphatic heterocycles. The first-order chi connectivity index (χ1) is 9.52. The summed E-state index contributed by atoms with van der Waals surface area (Å²) in [5.41, 5.74) is 1.44. The first-order valence-electron chi connectivity index (χ1n) is 5.89.